The lowest BCUT2D eigenvalue weighted by atomic mass is 9.97. The fourth-order valence-electron chi connectivity index (χ4n) is 2.06. The van der Waals surface area contributed by atoms with E-state index in [0.717, 1.165) is 25.9 Å². The number of carbonyl (C=O) groups excluding carboxylic acids is 1. The third-order valence-corrected chi connectivity index (χ3v) is 3.43. The summed E-state index contributed by atoms with van der Waals surface area (Å²) in [6.45, 7) is 6.81. The van der Waals surface area contributed by atoms with Crippen molar-refractivity contribution in [3.8, 4) is 0 Å². The van der Waals surface area contributed by atoms with Gasteiger partial charge in [-0.15, -0.1) is 0 Å². The zero-order valence-electron chi connectivity index (χ0n) is 10.0. The Morgan fingerprint density at radius 2 is 2.33 bits per heavy atom. The number of nitrogens with two attached hydrogens (primary N) is 1. The highest BCUT2D eigenvalue weighted by Crippen LogP contribution is 2.18. The SMILES string of the molecule is CC[C@H](C)CC(=O)N1CCC[C@@H](CN)C1. The quantitative estimate of drug-likeness (QED) is 0.769. The van der Waals surface area contributed by atoms with Crippen LogP contribution in [0, 0.1) is 11.8 Å². The topological polar surface area (TPSA) is 46.3 Å². The van der Waals surface area contributed by atoms with Gasteiger partial charge in [0.1, 0.15) is 0 Å². The third-order valence-electron chi connectivity index (χ3n) is 3.43. The molecule has 1 rings (SSSR count). The Balaban J connectivity index is 2.38. The highest BCUT2D eigenvalue weighted by molar-refractivity contribution is 5.76. The van der Waals surface area contributed by atoms with Crippen LogP contribution in [0.3, 0.4) is 0 Å². The maximum Gasteiger partial charge on any atom is 0.222 e. The molecule has 0 spiro atoms. The van der Waals surface area contributed by atoms with Crippen LogP contribution in [0.2, 0.25) is 0 Å². The average molecular weight is 212 g/mol. The predicted molar refractivity (Wildman–Crippen MR) is 62.4 cm³/mol. The van der Waals surface area contributed by atoms with Gasteiger partial charge in [-0.1, -0.05) is 20.3 Å². The van der Waals surface area contributed by atoms with E-state index in [-0.39, 0.29) is 0 Å². The minimum Gasteiger partial charge on any atom is -0.342 e. The maximum atomic E-state index is 11.9. The Bertz CT molecular complexity index is 206. The lowest BCUT2D eigenvalue weighted by molar-refractivity contribution is -0.133. The van der Waals surface area contributed by atoms with Gasteiger partial charge in [0.05, 0.1) is 0 Å². The van der Waals surface area contributed by atoms with Crippen LogP contribution in [-0.2, 0) is 4.79 Å². The van der Waals surface area contributed by atoms with Crippen LogP contribution in [0.1, 0.15) is 39.5 Å². The van der Waals surface area contributed by atoms with Gasteiger partial charge in [-0.3, -0.25) is 4.79 Å². The van der Waals surface area contributed by atoms with Crippen LogP contribution in [-0.4, -0.2) is 30.4 Å². The summed E-state index contributed by atoms with van der Waals surface area (Å²) >= 11 is 0. The fourth-order valence-corrected chi connectivity index (χ4v) is 2.06. The lowest BCUT2D eigenvalue weighted by Crippen LogP contribution is -2.42. The number of amides is 1. The number of hydrogen-bond donors (Lipinski definition) is 1. The number of carbonyl (C=O) groups is 1. The number of rotatable bonds is 4. The van der Waals surface area contributed by atoms with E-state index in [1.807, 2.05) is 4.90 Å². The molecule has 0 radical (unpaired) electrons. The summed E-state index contributed by atoms with van der Waals surface area (Å²) < 4.78 is 0. The molecule has 0 aromatic rings. The van der Waals surface area contributed by atoms with Crippen molar-refractivity contribution in [2.24, 2.45) is 17.6 Å². The molecule has 1 fully saturated rings. The smallest absolute Gasteiger partial charge is 0.222 e. The zero-order chi connectivity index (χ0) is 11.3. The van der Waals surface area contributed by atoms with E-state index in [1.165, 1.54) is 6.42 Å². The van der Waals surface area contributed by atoms with Crippen molar-refractivity contribution in [3.63, 3.8) is 0 Å². The first-order chi connectivity index (χ1) is 7.17. The van der Waals surface area contributed by atoms with Crippen molar-refractivity contribution in [3.05, 3.63) is 0 Å². The second-order valence-corrected chi connectivity index (χ2v) is 4.80. The molecule has 1 aliphatic heterocycles. The second kappa shape index (κ2) is 6.11. The number of likely N-dealkylation sites (tertiary alicyclic amines) is 1. The molecule has 3 heteroatoms. The molecule has 1 heterocycles. The van der Waals surface area contributed by atoms with E-state index < -0.39 is 0 Å². The van der Waals surface area contributed by atoms with Gasteiger partial charge in [0.2, 0.25) is 5.91 Å². The number of hydrogen-bond acceptors (Lipinski definition) is 2. The molecule has 2 atom stereocenters. The molecule has 0 aromatic heterocycles. The molecular formula is C12H24N2O. The Labute approximate surface area is 93.0 Å². The van der Waals surface area contributed by atoms with Gasteiger partial charge in [-0.25, -0.2) is 0 Å². The molecule has 1 aliphatic rings. The van der Waals surface area contributed by atoms with Crippen LogP contribution in [0.25, 0.3) is 0 Å². The molecule has 15 heavy (non-hydrogen) atoms. The molecule has 0 bridgehead atoms. The first-order valence-electron chi connectivity index (χ1n) is 6.15. The first-order valence-corrected chi connectivity index (χ1v) is 6.15. The van der Waals surface area contributed by atoms with Crippen LogP contribution in [0.15, 0.2) is 0 Å². The van der Waals surface area contributed by atoms with E-state index in [2.05, 4.69) is 13.8 Å². The van der Waals surface area contributed by atoms with Gasteiger partial charge in [-0.2, -0.15) is 0 Å². The molecule has 0 unspecified atom stereocenters. The van der Waals surface area contributed by atoms with Crippen molar-refractivity contribution in [1.29, 1.82) is 0 Å². The van der Waals surface area contributed by atoms with E-state index in [9.17, 15) is 4.79 Å². The Kier molecular flexibility index (Phi) is 5.09. The zero-order valence-corrected chi connectivity index (χ0v) is 10.0. The van der Waals surface area contributed by atoms with E-state index in [1.54, 1.807) is 0 Å². The van der Waals surface area contributed by atoms with Gasteiger partial charge >= 0.3 is 0 Å². The van der Waals surface area contributed by atoms with Crippen molar-refractivity contribution < 1.29 is 4.79 Å². The van der Waals surface area contributed by atoms with Gasteiger partial charge in [0.25, 0.3) is 0 Å². The van der Waals surface area contributed by atoms with Crippen molar-refractivity contribution in [1.82, 2.24) is 4.90 Å². The minimum atomic E-state index is 0.322. The van der Waals surface area contributed by atoms with Gasteiger partial charge in [0, 0.05) is 19.5 Å². The molecule has 0 saturated carbocycles. The molecule has 88 valence electrons. The normalized spacial score (nSPS) is 23.9. The van der Waals surface area contributed by atoms with E-state index in [0.29, 0.717) is 30.7 Å². The van der Waals surface area contributed by atoms with Gasteiger partial charge < -0.3 is 10.6 Å². The fraction of sp³-hybridized carbons (Fsp3) is 0.917. The summed E-state index contributed by atoms with van der Waals surface area (Å²) in [5.41, 5.74) is 5.66. The van der Waals surface area contributed by atoms with Crippen LogP contribution < -0.4 is 5.73 Å². The molecule has 0 aromatic carbocycles. The molecule has 1 amide bonds. The van der Waals surface area contributed by atoms with Crippen molar-refractivity contribution >= 4 is 5.91 Å². The molecule has 3 nitrogen and oxygen atoms in total. The number of piperidine rings is 1. The predicted octanol–water partition coefficient (Wildman–Crippen LogP) is 1.62. The molecular weight excluding hydrogens is 188 g/mol. The minimum absolute atomic E-state index is 0.322. The highest BCUT2D eigenvalue weighted by atomic mass is 16.2. The number of nitrogens with zero attached hydrogens (tertiary/aromatic N) is 1. The second-order valence-electron chi connectivity index (χ2n) is 4.80. The largest absolute Gasteiger partial charge is 0.342 e. The lowest BCUT2D eigenvalue weighted by Gasteiger charge is -2.32. The molecule has 2 N–H and O–H groups in total. The summed E-state index contributed by atoms with van der Waals surface area (Å²) in [5.74, 6) is 1.36. The van der Waals surface area contributed by atoms with Crippen LogP contribution >= 0.6 is 0 Å². The Hall–Kier alpha value is -0.570. The first kappa shape index (κ1) is 12.5. The summed E-state index contributed by atoms with van der Waals surface area (Å²) in [7, 11) is 0. The summed E-state index contributed by atoms with van der Waals surface area (Å²) in [6, 6.07) is 0. The van der Waals surface area contributed by atoms with Crippen LogP contribution in [0.5, 0.6) is 0 Å². The van der Waals surface area contributed by atoms with Crippen LogP contribution in [0.4, 0.5) is 0 Å². The molecule has 1 saturated heterocycles. The van der Waals surface area contributed by atoms with E-state index >= 15 is 0 Å². The van der Waals surface area contributed by atoms with Gasteiger partial charge in [0.15, 0.2) is 0 Å². The standard InChI is InChI=1S/C12H24N2O/c1-3-10(2)7-12(15)14-6-4-5-11(8-13)9-14/h10-11H,3-9,13H2,1-2H3/t10-,11-/m0/s1. The van der Waals surface area contributed by atoms with Gasteiger partial charge in [-0.05, 0) is 31.2 Å². The average Bonchev–Trinajstić information content (AvgIpc) is 2.28. The highest BCUT2D eigenvalue weighted by Gasteiger charge is 2.23. The monoisotopic (exact) mass is 212 g/mol. The molecule has 0 aliphatic carbocycles. The van der Waals surface area contributed by atoms with E-state index in [4.69, 9.17) is 5.73 Å². The van der Waals surface area contributed by atoms with Crippen molar-refractivity contribution in [2.75, 3.05) is 19.6 Å². The Morgan fingerprint density at radius 3 is 2.93 bits per heavy atom. The maximum absolute atomic E-state index is 11.9. The third kappa shape index (κ3) is 3.82. The summed E-state index contributed by atoms with van der Waals surface area (Å²) in [4.78, 5) is 13.9. The summed E-state index contributed by atoms with van der Waals surface area (Å²) in [5, 5.41) is 0. The van der Waals surface area contributed by atoms with Crippen molar-refractivity contribution in [2.45, 2.75) is 39.5 Å². The Morgan fingerprint density at radius 1 is 1.60 bits per heavy atom. The summed E-state index contributed by atoms with van der Waals surface area (Å²) in [6.07, 6.45) is 4.09.